The average Bonchev–Trinajstić information content (AvgIpc) is 2.98. The van der Waals surface area contributed by atoms with Gasteiger partial charge in [-0.1, -0.05) is 6.07 Å². The third-order valence-corrected chi connectivity index (χ3v) is 4.72. The molecule has 0 amide bonds. The van der Waals surface area contributed by atoms with Gasteiger partial charge in [-0.2, -0.15) is 0 Å². The van der Waals surface area contributed by atoms with Crippen molar-refractivity contribution in [2.24, 2.45) is 0 Å². The summed E-state index contributed by atoms with van der Waals surface area (Å²) in [5, 5.41) is 9.39. The van der Waals surface area contributed by atoms with Crippen molar-refractivity contribution < 1.29 is 18.3 Å². The Labute approximate surface area is 146 Å². The third-order valence-electron chi connectivity index (χ3n) is 4.72. The second kappa shape index (κ2) is 8.08. The summed E-state index contributed by atoms with van der Waals surface area (Å²) in [5.74, 6) is 0.739. The maximum Gasteiger partial charge on any atom is 0.130 e. The van der Waals surface area contributed by atoms with E-state index < -0.39 is 11.6 Å². The highest BCUT2D eigenvalue weighted by Crippen LogP contribution is 2.20. The van der Waals surface area contributed by atoms with Crippen molar-refractivity contribution in [1.82, 2.24) is 9.80 Å². The third kappa shape index (κ3) is 4.66. The zero-order chi connectivity index (χ0) is 17.8. The molecular formula is C19H24F2N2O2. The fourth-order valence-corrected chi connectivity index (χ4v) is 3.39. The van der Waals surface area contributed by atoms with Crippen LogP contribution < -0.4 is 0 Å². The molecule has 6 heteroatoms. The molecule has 0 bridgehead atoms. The first-order valence-electron chi connectivity index (χ1n) is 8.61. The van der Waals surface area contributed by atoms with Crippen LogP contribution in [0.3, 0.4) is 0 Å². The number of benzene rings is 1. The summed E-state index contributed by atoms with van der Waals surface area (Å²) in [6, 6.07) is 7.82. The van der Waals surface area contributed by atoms with E-state index in [1.165, 1.54) is 12.1 Å². The first-order valence-corrected chi connectivity index (χ1v) is 8.61. The standard InChI is InChI=1S/C19H24F2N2O2/c1-14-2-5-18(25-14)13-23-8-7-22(12-17(23)6-9-24)11-15-3-4-16(20)10-19(15)21/h2-5,10,17,24H,6-9,11-13H2,1H3. The van der Waals surface area contributed by atoms with Crippen molar-refractivity contribution in [2.75, 3.05) is 26.2 Å². The van der Waals surface area contributed by atoms with E-state index in [4.69, 9.17) is 4.42 Å². The molecule has 1 aliphatic rings. The number of aliphatic hydroxyl groups excluding tert-OH is 1. The number of nitrogens with zero attached hydrogens (tertiary/aromatic N) is 2. The average molecular weight is 350 g/mol. The highest BCUT2D eigenvalue weighted by molar-refractivity contribution is 5.18. The van der Waals surface area contributed by atoms with Gasteiger partial charge in [-0.3, -0.25) is 9.80 Å². The summed E-state index contributed by atoms with van der Waals surface area (Å²) in [7, 11) is 0. The van der Waals surface area contributed by atoms with Crippen LogP contribution in [0, 0.1) is 18.6 Å². The first-order chi connectivity index (χ1) is 12.0. The number of piperazine rings is 1. The molecule has 1 saturated heterocycles. The minimum absolute atomic E-state index is 0.108. The van der Waals surface area contributed by atoms with Gasteiger partial charge < -0.3 is 9.52 Å². The van der Waals surface area contributed by atoms with Gasteiger partial charge in [-0.25, -0.2) is 8.78 Å². The number of aryl methyl sites for hydroxylation is 1. The van der Waals surface area contributed by atoms with Crippen LogP contribution in [0.25, 0.3) is 0 Å². The molecule has 0 spiro atoms. The summed E-state index contributed by atoms with van der Waals surface area (Å²) in [6.07, 6.45) is 0.655. The molecule has 136 valence electrons. The SMILES string of the molecule is Cc1ccc(CN2CCN(Cc3ccc(F)cc3F)CC2CCO)o1. The molecule has 0 aliphatic carbocycles. The van der Waals surface area contributed by atoms with Crippen LogP contribution in [0.4, 0.5) is 8.78 Å². The topological polar surface area (TPSA) is 39.9 Å². The zero-order valence-electron chi connectivity index (χ0n) is 14.4. The summed E-state index contributed by atoms with van der Waals surface area (Å²) in [4.78, 5) is 4.45. The van der Waals surface area contributed by atoms with Crippen LogP contribution in [-0.2, 0) is 13.1 Å². The second-order valence-corrected chi connectivity index (χ2v) is 6.62. The monoisotopic (exact) mass is 350 g/mol. The normalized spacial score (nSPS) is 19.4. The van der Waals surface area contributed by atoms with E-state index in [2.05, 4.69) is 9.80 Å². The summed E-state index contributed by atoms with van der Waals surface area (Å²) < 4.78 is 32.6. The highest BCUT2D eigenvalue weighted by atomic mass is 19.1. The molecule has 2 aromatic rings. The second-order valence-electron chi connectivity index (χ2n) is 6.62. The molecule has 0 radical (unpaired) electrons. The number of rotatable bonds is 6. The summed E-state index contributed by atoms with van der Waals surface area (Å²) >= 11 is 0. The number of hydrogen-bond donors (Lipinski definition) is 1. The Bertz CT molecular complexity index is 704. The Morgan fingerprint density at radius 1 is 1.16 bits per heavy atom. The number of furan rings is 1. The molecule has 3 rings (SSSR count). The molecule has 1 N–H and O–H groups in total. The lowest BCUT2D eigenvalue weighted by Crippen LogP contribution is -2.52. The van der Waals surface area contributed by atoms with Gasteiger partial charge in [0.05, 0.1) is 6.54 Å². The molecule has 1 fully saturated rings. The smallest absolute Gasteiger partial charge is 0.130 e. The van der Waals surface area contributed by atoms with Crippen LogP contribution >= 0.6 is 0 Å². The molecule has 0 saturated carbocycles. The Morgan fingerprint density at radius 2 is 2.00 bits per heavy atom. The lowest BCUT2D eigenvalue weighted by molar-refractivity contribution is 0.0449. The maximum absolute atomic E-state index is 13.9. The van der Waals surface area contributed by atoms with Crippen molar-refractivity contribution >= 4 is 0 Å². The quantitative estimate of drug-likeness (QED) is 0.870. The van der Waals surface area contributed by atoms with Crippen molar-refractivity contribution in [3.63, 3.8) is 0 Å². The lowest BCUT2D eigenvalue weighted by atomic mass is 10.1. The van der Waals surface area contributed by atoms with Crippen LogP contribution in [0.1, 0.15) is 23.5 Å². The van der Waals surface area contributed by atoms with Gasteiger partial charge >= 0.3 is 0 Å². The molecule has 1 atom stereocenters. The minimum Gasteiger partial charge on any atom is -0.465 e. The zero-order valence-corrected chi connectivity index (χ0v) is 14.4. The predicted octanol–water partition coefficient (Wildman–Crippen LogP) is 2.94. The molecular weight excluding hydrogens is 326 g/mol. The van der Waals surface area contributed by atoms with E-state index in [0.29, 0.717) is 25.1 Å². The van der Waals surface area contributed by atoms with Gasteiger partial charge in [0.2, 0.25) is 0 Å². The minimum atomic E-state index is -0.557. The van der Waals surface area contributed by atoms with E-state index in [1.54, 1.807) is 0 Å². The molecule has 1 unspecified atom stereocenters. The Hall–Kier alpha value is -1.76. The predicted molar refractivity (Wildman–Crippen MR) is 91.0 cm³/mol. The van der Waals surface area contributed by atoms with Gasteiger partial charge in [0.1, 0.15) is 23.2 Å². The first kappa shape index (κ1) is 18.0. The molecule has 1 aromatic carbocycles. The van der Waals surface area contributed by atoms with Crippen molar-refractivity contribution in [1.29, 1.82) is 0 Å². The number of halogens is 2. The fourth-order valence-electron chi connectivity index (χ4n) is 3.39. The van der Waals surface area contributed by atoms with E-state index in [9.17, 15) is 13.9 Å². The maximum atomic E-state index is 13.9. The summed E-state index contributed by atoms with van der Waals surface area (Å²) in [5.41, 5.74) is 0.499. The molecule has 4 nitrogen and oxygen atoms in total. The van der Waals surface area contributed by atoms with Crippen molar-refractivity contribution in [3.05, 3.63) is 59.1 Å². The van der Waals surface area contributed by atoms with Crippen molar-refractivity contribution in [2.45, 2.75) is 32.5 Å². The largest absolute Gasteiger partial charge is 0.465 e. The molecule has 2 heterocycles. The van der Waals surface area contributed by atoms with Crippen LogP contribution in [0.15, 0.2) is 34.7 Å². The molecule has 1 aromatic heterocycles. The Balaban J connectivity index is 1.64. The van der Waals surface area contributed by atoms with E-state index >= 15 is 0 Å². The Morgan fingerprint density at radius 3 is 2.68 bits per heavy atom. The van der Waals surface area contributed by atoms with E-state index in [1.807, 2.05) is 19.1 Å². The number of hydrogen-bond acceptors (Lipinski definition) is 4. The number of aliphatic hydroxyl groups is 1. The van der Waals surface area contributed by atoms with Gasteiger partial charge in [-0.05, 0) is 31.5 Å². The highest BCUT2D eigenvalue weighted by Gasteiger charge is 2.27. The van der Waals surface area contributed by atoms with E-state index in [-0.39, 0.29) is 12.6 Å². The van der Waals surface area contributed by atoms with Gasteiger partial charge in [-0.15, -0.1) is 0 Å². The van der Waals surface area contributed by atoms with Crippen LogP contribution in [0.2, 0.25) is 0 Å². The van der Waals surface area contributed by atoms with Crippen molar-refractivity contribution in [3.8, 4) is 0 Å². The van der Waals surface area contributed by atoms with Crippen LogP contribution in [0.5, 0.6) is 0 Å². The van der Waals surface area contributed by atoms with Crippen LogP contribution in [-0.4, -0.2) is 47.2 Å². The fraction of sp³-hybridized carbons (Fsp3) is 0.474. The summed E-state index contributed by atoms with van der Waals surface area (Å²) in [6.45, 7) is 5.52. The Kier molecular flexibility index (Phi) is 5.83. The van der Waals surface area contributed by atoms with Gasteiger partial charge in [0.15, 0.2) is 0 Å². The van der Waals surface area contributed by atoms with Gasteiger partial charge in [0.25, 0.3) is 0 Å². The van der Waals surface area contributed by atoms with E-state index in [0.717, 1.165) is 37.2 Å². The molecule has 25 heavy (non-hydrogen) atoms. The molecule has 1 aliphatic heterocycles. The lowest BCUT2D eigenvalue weighted by Gasteiger charge is -2.41. The van der Waals surface area contributed by atoms with Gasteiger partial charge in [0, 0.05) is 50.5 Å².